The number of carbonyl (C=O) groups excluding carboxylic acids is 1. The number of hydrogen-bond acceptors (Lipinski definition) is 4. The number of aromatic nitrogens is 1. The molecule has 0 aromatic carbocycles. The predicted molar refractivity (Wildman–Crippen MR) is 58.5 cm³/mol. The Morgan fingerprint density at radius 3 is 3.06 bits per heavy atom. The van der Waals surface area contributed by atoms with Crippen molar-refractivity contribution in [1.29, 1.82) is 5.26 Å². The number of nitrogens with zero attached hydrogens (tertiary/aromatic N) is 3. The maximum atomic E-state index is 11.7. The van der Waals surface area contributed by atoms with Crippen LogP contribution in [0.15, 0.2) is 18.5 Å². The highest BCUT2D eigenvalue weighted by Gasteiger charge is 2.29. The number of hydrogen-bond donors (Lipinski definition) is 1. The average Bonchev–Trinajstić information content (AvgIpc) is 2.71. The second-order valence-electron chi connectivity index (χ2n) is 3.85. The first kappa shape index (κ1) is 10.6. The SMILES string of the molecule is N#Cc1cncc(N2CC(CN)CC2=O)c1. The first-order chi connectivity index (χ1) is 7.74. The first-order valence-corrected chi connectivity index (χ1v) is 5.10. The van der Waals surface area contributed by atoms with Crippen molar-refractivity contribution in [2.75, 3.05) is 18.0 Å². The molecule has 1 saturated heterocycles. The Hall–Kier alpha value is -1.93. The Balaban J connectivity index is 2.25. The third-order valence-electron chi connectivity index (χ3n) is 2.70. The van der Waals surface area contributed by atoms with Crippen molar-refractivity contribution >= 4 is 11.6 Å². The zero-order valence-corrected chi connectivity index (χ0v) is 8.76. The molecule has 5 heteroatoms. The molecule has 1 atom stereocenters. The van der Waals surface area contributed by atoms with Crippen LogP contribution < -0.4 is 10.6 Å². The fourth-order valence-electron chi connectivity index (χ4n) is 1.83. The molecule has 1 aromatic rings. The highest BCUT2D eigenvalue weighted by atomic mass is 16.2. The number of pyridine rings is 1. The van der Waals surface area contributed by atoms with Gasteiger partial charge in [0.15, 0.2) is 0 Å². The summed E-state index contributed by atoms with van der Waals surface area (Å²) in [5.74, 6) is 0.255. The second-order valence-corrected chi connectivity index (χ2v) is 3.85. The van der Waals surface area contributed by atoms with E-state index in [0.29, 0.717) is 30.8 Å². The van der Waals surface area contributed by atoms with Gasteiger partial charge in [0.25, 0.3) is 0 Å². The Kier molecular flexibility index (Phi) is 2.84. The molecular weight excluding hydrogens is 204 g/mol. The summed E-state index contributed by atoms with van der Waals surface area (Å²) in [7, 11) is 0. The van der Waals surface area contributed by atoms with E-state index in [1.54, 1.807) is 17.2 Å². The van der Waals surface area contributed by atoms with Crippen molar-refractivity contribution in [3.63, 3.8) is 0 Å². The fraction of sp³-hybridized carbons (Fsp3) is 0.364. The van der Waals surface area contributed by atoms with Gasteiger partial charge in [0.05, 0.1) is 17.4 Å². The summed E-state index contributed by atoms with van der Waals surface area (Å²) in [6.45, 7) is 1.12. The van der Waals surface area contributed by atoms with Crippen molar-refractivity contribution in [1.82, 2.24) is 4.98 Å². The number of amides is 1. The zero-order valence-electron chi connectivity index (χ0n) is 8.76. The highest BCUT2D eigenvalue weighted by Crippen LogP contribution is 2.24. The van der Waals surface area contributed by atoms with Crippen LogP contribution in [0.4, 0.5) is 5.69 Å². The molecule has 1 aliphatic heterocycles. The van der Waals surface area contributed by atoms with E-state index in [4.69, 9.17) is 11.0 Å². The molecule has 2 N–H and O–H groups in total. The number of carbonyl (C=O) groups is 1. The molecule has 1 aromatic heterocycles. The highest BCUT2D eigenvalue weighted by molar-refractivity contribution is 5.95. The van der Waals surface area contributed by atoms with Gasteiger partial charge < -0.3 is 10.6 Å². The van der Waals surface area contributed by atoms with Gasteiger partial charge in [0.1, 0.15) is 6.07 Å². The van der Waals surface area contributed by atoms with Crippen molar-refractivity contribution in [2.45, 2.75) is 6.42 Å². The monoisotopic (exact) mass is 216 g/mol. The molecule has 1 fully saturated rings. The summed E-state index contributed by atoms with van der Waals surface area (Å²) in [6, 6.07) is 3.68. The lowest BCUT2D eigenvalue weighted by Crippen LogP contribution is -2.25. The number of nitriles is 1. The van der Waals surface area contributed by atoms with Gasteiger partial charge in [0.2, 0.25) is 5.91 Å². The zero-order chi connectivity index (χ0) is 11.5. The third-order valence-corrected chi connectivity index (χ3v) is 2.70. The molecule has 0 spiro atoms. The Morgan fingerprint density at radius 2 is 2.44 bits per heavy atom. The molecule has 2 heterocycles. The minimum absolute atomic E-state index is 0.0485. The van der Waals surface area contributed by atoms with Gasteiger partial charge in [-0.1, -0.05) is 0 Å². The minimum Gasteiger partial charge on any atom is -0.330 e. The largest absolute Gasteiger partial charge is 0.330 e. The fourth-order valence-corrected chi connectivity index (χ4v) is 1.83. The van der Waals surface area contributed by atoms with E-state index in [2.05, 4.69) is 4.98 Å². The van der Waals surface area contributed by atoms with Crippen LogP contribution in [0.1, 0.15) is 12.0 Å². The number of rotatable bonds is 2. The topological polar surface area (TPSA) is 83.0 Å². The molecule has 0 bridgehead atoms. The minimum atomic E-state index is 0.0485. The van der Waals surface area contributed by atoms with Gasteiger partial charge in [-0.15, -0.1) is 0 Å². The van der Waals surface area contributed by atoms with Gasteiger partial charge in [-0.3, -0.25) is 9.78 Å². The van der Waals surface area contributed by atoms with Gasteiger partial charge in [0, 0.05) is 19.2 Å². The molecule has 1 amide bonds. The van der Waals surface area contributed by atoms with Crippen molar-refractivity contribution in [2.24, 2.45) is 11.7 Å². The van der Waals surface area contributed by atoms with Crippen LogP contribution in [0.2, 0.25) is 0 Å². The Labute approximate surface area is 93.5 Å². The summed E-state index contributed by atoms with van der Waals surface area (Å²) < 4.78 is 0. The van der Waals surface area contributed by atoms with Crippen molar-refractivity contribution in [3.05, 3.63) is 24.0 Å². The second kappa shape index (κ2) is 4.29. The molecular formula is C11H12N4O. The van der Waals surface area contributed by atoms with E-state index in [9.17, 15) is 4.79 Å². The molecule has 0 radical (unpaired) electrons. The quantitative estimate of drug-likeness (QED) is 0.768. The van der Waals surface area contributed by atoms with E-state index in [1.165, 1.54) is 6.20 Å². The maximum Gasteiger partial charge on any atom is 0.227 e. The van der Waals surface area contributed by atoms with Crippen LogP contribution >= 0.6 is 0 Å². The lowest BCUT2D eigenvalue weighted by atomic mass is 10.1. The van der Waals surface area contributed by atoms with E-state index < -0.39 is 0 Å². The van der Waals surface area contributed by atoms with Crippen LogP contribution in [0.3, 0.4) is 0 Å². The lowest BCUT2D eigenvalue weighted by molar-refractivity contribution is -0.117. The summed E-state index contributed by atoms with van der Waals surface area (Å²) in [5.41, 5.74) is 6.69. The third kappa shape index (κ3) is 1.88. The van der Waals surface area contributed by atoms with Crippen LogP contribution in [0, 0.1) is 17.2 Å². The molecule has 0 aliphatic carbocycles. The van der Waals surface area contributed by atoms with E-state index in [0.717, 1.165) is 0 Å². The average molecular weight is 216 g/mol. The van der Waals surface area contributed by atoms with Crippen LogP contribution in [0.5, 0.6) is 0 Å². The Morgan fingerprint density at radius 1 is 1.62 bits per heavy atom. The van der Waals surface area contributed by atoms with Gasteiger partial charge >= 0.3 is 0 Å². The van der Waals surface area contributed by atoms with E-state index in [1.807, 2.05) is 6.07 Å². The van der Waals surface area contributed by atoms with Crippen LogP contribution in [-0.2, 0) is 4.79 Å². The normalized spacial score (nSPS) is 19.9. The molecule has 0 saturated carbocycles. The van der Waals surface area contributed by atoms with E-state index >= 15 is 0 Å². The maximum absolute atomic E-state index is 11.7. The van der Waals surface area contributed by atoms with Crippen LogP contribution in [-0.4, -0.2) is 24.0 Å². The molecule has 1 unspecified atom stereocenters. The van der Waals surface area contributed by atoms with Crippen molar-refractivity contribution in [3.8, 4) is 6.07 Å². The summed E-state index contributed by atoms with van der Waals surface area (Å²) >= 11 is 0. The first-order valence-electron chi connectivity index (χ1n) is 5.10. The summed E-state index contributed by atoms with van der Waals surface area (Å²) in [6.07, 6.45) is 3.55. The molecule has 2 rings (SSSR count). The molecule has 5 nitrogen and oxygen atoms in total. The van der Waals surface area contributed by atoms with Gasteiger partial charge in [-0.05, 0) is 18.5 Å². The molecule has 16 heavy (non-hydrogen) atoms. The summed E-state index contributed by atoms with van der Waals surface area (Å²) in [4.78, 5) is 17.3. The molecule has 1 aliphatic rings. The predicted octanol–water partition coefficient (Wildman–Crippen LogP) is 0.265. The van der Waals surface area contributed by atoms with Crippen molar-refractivity contribution < 1.29 is 4.79 Å². The van der Waals surface area contributed by atoms with Gasteiger partial charge in [-0.2, -0.15) is 5.26 Å². The lowest BCUT2D eigenvalue weighted by Gasteiger charge is -2.15. The Bertz CT molecular complexity index is 452. The standard InChI is InChI=1S/C11H12N4O/c12-3-8-1-10(6-14-5-8)15-7-9(4-13)2-11(15)16/h1,5-6,9H,2,4,7,13H2. The van der Waals surface area contributed by atoms with Gasteiger partial charge in [-0.25, -0.2) is 0 Å². The smallest absolute Gasteiger partial charge is 0.227 e. The molecule has 82 valence electrons. The van der Waals surface area contributed by atoms with Crippen LogP contribution in [0.25, 0.3) is 0 Å². The number of anilines is 1. The van der Waals surface area contributed by atoms with E-state index in [-0.39, 0.29) is 11.8 Å². The summed E-state index contributed by atoms with van der Waals surface area (Å²) in [5, 5.41) is 8.76. The number of nitrogens with two attached hydrogens (primary N) is 1.